The van der Waals surface area contributed by atoms with E-state index in [4.69, 9.17) is 0 Å². The third-order valence-electron chi connectivity index (χ3n) is 4.35. The molecule has 0 atom stereocenters. The van der Waals surface area contributed by atoms with E-state index in [9.17, 15) is 22.8 Å². The summed E-state index contributed by atoms with van der Waals surface area (Å²) in [7, 11) is 0. The summed E-state index contributed by atoms with van der Waals surface area (Å²) in [5, 5.41) is 0. The van der Waals surface area contributed by atoms with Gasteiger partial charge in [-0.2, -0.15) is 13.2 Å². The molecule has 0 saturated carbocycles. The van der Waals surface area contributed by atoms with E-state index in [1.807, 2.05) is 0 Å². The highest BCUT2D eigenvalue weighted by Crippen LogP contribution is 2.29. The molecule has 1 aromatic heterocycles. The van der Waals surface area contributed by atoms with Crippen molar-refractivity contribution in [3.8, 4) is 0 Å². The van der Waals surface area contributed by atoms with Crippen LogP contribution in [0, 0.1) is 0 Å². The van der Waals surface area contributed by atoms with E-state index in [1.165, 1.54) is 24.3 Å². The number of alkyl halides is 3. The number of piperazine rings is 1. The first kappa shape index (κ1) is 18.2. The zero-order valence-corrected chi connectivity index (χ0v) is 13.9. The quantitative estimate of drug-likeness (QED) is 0.909. The number of aromatic amines is 1. The monoisotopic (exact) mass is 365 g/mol. The van der Waals surface area contributed by atoms with Gasteiger partial charge in [0.15, 0.2) is 0 Å². The first-order valence-electron chi connectivity index (χ1n) is 8.20. The Balaban J connectivity index is 1.55. The summed E-state index contributed by atoms with van der Waals surface area (Å²) < 4.78 is 37.8. The van der Waals surface area contributed by atoms with Crippen molar-refractivity contribution in [2.24, 2.45) is 0 Å². The van der Waals surface area contributed by atoms with Crippen LogP contribution in [0.5, 0.6) is 0 Å². The lowest BCUT2D eigenvalue weighted by Gasteiger charge is -2.34. The molecule has 0 unspecified atom stereocenters. The molecule has 26 heavy (non-hydrogen) atoms. The van der Waals surface area contributed by atoms with Crippen LogP contribution in [0.2, 0.25) is 0 Å². The van der Waals surface area contributed by atoms with Gasteiger partial charge >= 0.3 is 6.18 Å². The van der Waals surface area contributed by atoms with Gasteiger partial charge in [0.2, 0.25) is 5.56 Å². The normalized spacial score (nSPS) is 15.9. The van der Waals surface area contributed by atoms with Gasteiger partial charge in [-0.25, -0.2) is 0 Å². The number of benzene rings is 1. The predicted molar refractivity (Wildman–Crippen MR) is 89.7 cm³/mol. The molecule has 2 aromatic rings. The Morgan fingerprint density at radius 3 is 2.23 bits per heavy atom. The number of nitrogens with zero attached hydrogens (tertiary/aromatic N) is 2. The molecule has 1 amide bonds. The number of carbonyl (C=O) groups is 1. The van der Waals surface area contributed by atoms with Gasteiger partial charge in [-0.15, -0.1) is 0 Å². The molecular weight excluding hydrogens is 347 g/mol. The minimum Gasteiger partial charge on any atom is -0.335 e. The van der Waals surface area contributed by atoms with Crippen LogP contribution in [0.15, 0.2) is 47.3 Å². The number of nitrogens with one attached hydrogen (secondary N) is 1. The fraction of sp³-hybridized carbons (Fsp3) is 0.333. The SMILES string of the molecule is O=C(c1cccc(=O)[nH]1)N1CCN(Cc2ccc(C(F)(F)F)cc2)CC1. The maximum atomic E-state index is 12.6. The zero-order chi connectivity index (χ0) is 18.7. The van der Waals surface area contributed by atoms with Crippen molar-refractivity contribution in [2.45, 2.75) is 12.7 Å². The van der Waals surface area contributed by atoms with Gasteiger partial charge in [-0.05, 0) is 23.8 Å². The van der Waals surface area contributed by atoms with Crippen LogP contribution in [-0.2, 0) is 12.7 Å². The summed E-state index contributed by atoms with van der Waals surface area (Å²) in [5.74, 6) is -0.225. The number of pyridine rings is 1. The van der Waals surface area contributed by atoms with Gasteiger partial charge in [-0.3, -0.25) is 14.5 Å². The number of aromatic nitrogens is 1. The Hall–Kier alpha value is -2.61. The minimum absolute atomic E-state index is 0.225. The van der Waals surface area contributed by atoms with Gasteiger partial charge in [0.1, 0.15) is 5.69 Å². The van der Waals surface area contributed by atoms with E-state index in [0.29, 0.717) is 32.7 Å². The molecule has 1 aromatic carbocycles. The summed E-state index contributed by atoms with van der Waals surface area (Å²) in [5.41, 5.74) is 0.0733. The van der Waals surface area contributed by atoms with Gasteiger partial charge in [-0.1, -0.05) is 18.2 Å². The number of H-pyrrole nitrogens is 1. The fourth-order valence-electron chi connectivity index (χ4n) is 2.91. The maximum Gasteiger partial charge on any atom is 0.416 e. The number of rotatable bonds is 3. The Morgan fingerprint density at radius 2 is 1.65 bits per heavy atom. The van der Waals surface area contributed by atoms with E-state index < -0.39 is 11.7 Å². The second-order valence-corrected chi connectivity index (χ2v) is 6.19. The first-order valence-corrected chi connectivity index (χ1v) is 8.20. The van der Waals surface area contributed by atoms with Crippen molar-refractivity contribution in [1.29, 1.82) is 0 Å². The summed E-state index contributed by atoms with van der Waals surface area (Å²) in [4.78, 5) is 30.0. The fourth-order valence-corrected chi connectivity index (χ4v) is 2.91. The molecular formula is C18H18F3N3O2. The van der Waals surface area contributed by atoms with Crippen molar-refractivity contribution in [3.05, 3.63) is 69.6 Å². The molecule has 0 aliphatic carbocycles. The Bertz CT molecular complexity index is 823. The number of amides is 1. The van der Waals surface area contributed by atoms with E-state index in [0.717, 1.165) is 17.7 Å². The van der Waals surface area contributed by atoms with Crippen molar-refractivity contribution in [3.63, 3.8) is 0 Å². The lowest BCUT2D eigenvalue weighted by Crippen LogP contribution is -2.48. The molecule has 5 nitrogen and oxygen atoms in total. The van der Waals surface area contributed by atoms with Crippen LogP contribution in [0.25, 0.3) is 0 Å². The minimum atomic E-state index is -4.33. The lowest BCUT2D eigenvalue weighted by molar-refractivity contribution is -0.137. The third kappa shape index (κ3) is 4.32. The molecule has 1 N–H and O–H groups in total. The average Bonchev–Trinajstić information content (AvgIpc) is 2.61. The second-order valence-electron chi connectivity index (χ2n) is 6.19. The topological polar surface area (TPSA) is 56.4 Å². The molecule has 1 aliphatic rings. The highest BCUT2D eigenvalue weighted by atomic mass is 19.4. The highest BCUT2D eigenvalue weighted by Gasteiger charge is 2.30. The van der Waals surface area contributed by atoms with Crippen LogP contribution in [-0.4, -0.2) is 46.9 Å². The molecule has 138 valence electrons. The average molecular weight is 365 g/mol. The van der Waals surface area contributed by atoms with Crippen LogP contribution >= 0.6 is 0 Å². The van der Waals surface area contributed by atoms with Crippen molar-refractivity contribution >= 4 is 5.91 Å². The highest BCUT2D eigenvalue weighted by molar-refractivity contribution is 5.92. The van der Waals surface area contributed by atoms with Gasteiger partial charge < -0.3 is 9.88 Å². The molecule has 8 heteroatoms. The summed E-state index contributed by atoms with van der Waals surface area (Å²) in [6.07, 6.45) is -4.33. The molecule has 0 spiro atoms. The van der Waals surface area contributed by atoms with E-state index in [-0.39, 0.29) is 17.2 Å². The molecule has 3 rings (SSSR count). The molecule has 2 heterocycles. The predicted octanol–water partition coefficient (Wildman–Crippen LogP) is 2.35. The Kier molecular flexibility index (Phi) is 5.13. The van der Waals surface area contributed by atoms with Gasteiger partial charge in [0.25, 0.3) is 5.91 Å². The number of halogens is 3. The maximum absolute atomic E-state index is 12.6. The summed E-state index contributed by atoms with van der Waals surface area (Å²) in [6.45, 7) is 2.75. The number of hydrogen-bond donors (Lipinski definition) is 1. The third-order valence-corrected chi connectivity index (χ3v) is 4.35. The largest absolute Gasteiger partial charge is 0.416 e. The van der Waals surface area contributed by atoms with E-state index >= 15 is 0 Å². The van der Waals surface area contributed by atoms with Crippen molar-refractivity contribution in [2.75, 3.05) is 26.2 Å². The van der Waals surface area contributed by atoms with E-state index in [2.05, 4.69) is 9.88 Å². The Labute approximate surface area is 148 Å². The van der Waals surface area contributed by atoms with Crippen LogP contribution in [0.1, 0.15) is 21.6 Å². The van der Waals surface area contributed by atoms with Crippen LogP contribution < -0.4 is 5.56 Å². The van der Waals surface area contributed by atoms with E-state index in [1.54, 1.807) is 11.0 Å². The Morgan fingerprint density at radius 1 is 1.00 bits per heavy atom. The smallest absolute Gasteiger partial charge is 0.335 e. The standard InChI is InChI=1S/C18H18F3N3O2/c19-18(20,21)14-6-4-13(5-7-14)12-23-8-10-24(11-9-23)17(26)15-2-1-3-16(25)22-15/h1-7H,8-12H2,(H,22,25). The van der Waals surface area contributed by atoms with Crippen LogP contribution in [0.3, 0.4) is 0 Å². The molecule has 1 saturated heterocycles. The van der Waals surface area contributed by atoms with Gasteiger partial charge in [0, 0.05) is 38.8 Å². The molecule has 0 bridgehead atoms. The zero-order valence-electron chi connectivity index (χ0n) is 13.9. The first-order chi connectivity index (χ1) is 12.3. The van der Waals surface area contributed by atoms with Gasteiger partial charge in [0.05, 0.1) is 5.56 Å². The number of hydrogen-bond acceptors (Lipinski definition) is 3. The number of carbonyl (C=O) groups excluding carboxylic acids is 1. The molecule has 1 fully saturated rings. The lowest BCUT2D eigenvalue weighted by atomic mass is 10.1. The molecule has 0 radical (unpaired) electrons. The summed E-state index contributed by atoms with van der Waals surface area (Å²) >= 11 is 0. The van der Waals surface area contributed by atoms with Crippen LogP contribution in [0.4, 0.5) is 13.2 Å². The summed E-state index contributed by atoms with van der Waals surface area (Å²) in [6, 6.07) is 9.58. The molecule has 1 aliphatic heterocycles. The van der Waals surface area contributed by atoms with Crippen molar-refractivity contribution in [1.82, 2.24) is 14.8 Å². The second kappa shape index (κ2) is 7.33. The van der Waals surface area contributed by atoms with Crippen molar-refractivity contribution < 1.29 is 18.0 Å².